The molecule has 0 heterocycles. The molecule has 2 saturated carbocycles. The van der Waals surface area contributed by atoms with Gasteiger partial charge in [0.25, 0.3) is 0 Å². The smallest absolute Gasteiger partial charge is 0.394 e. The van der Waals surface area contributed by atoms with Gasteiger partial charge < -0.3 is 36.6 Å². The Bertz CT molecular complexity index is 1310. The van der Waals surface area contributed by atoms with E-state index in [0.29, 0.717) is 0 Å². The lowest BCUT2D eigenvalue weighted by Gasteiger charge is -2.48. The molecule has 5 unspecified atom stereocenters. The summed E-state index contributed by atoms with van der Waals surface area (Å²) in [5.74, 6) is -8.29. The number of phenolic OH excluding ortho intramolecular Hbond substituents is 1. The van der Waals surface area contributed by atoms with Crippen LogP contribution in [0.3, 0.4) is 0 Å². The molecular weight excluding hydrogens is 520 g/mol. The molecule has 1 aromatic carbocycles. The zero-order valence-electron chi connectivity index (χ0n) is 18.9. The van der Waals surface area contributed by atoms with E-state index < -0.39 is 93.3 Å². The molecule has 0 radical (unpaired) electrons. The number of nitrogens with two attached hydrogens (primary N) is 1. The van der Waals surface area contributed by atoms with E-state index in [4.69, 9.17) is 28.4 Å². The third kappa shape index (κ3) is 5.07. The predicted octanol–water partition coefficient (Wildman–Crippen LogP) is -1.82. The van der Waals surface area contributed by atoms with Crippen LogP contribution in [0.2, 0.25) is 0 Å². The normalized spacial score (nSPS) is 28.8. The van der Waals surface area contributed by atoms with Gasteiger partial charge in [0.1, 0.15) is 18.1 Å². The first-order valence-electron chi connectivity index (χ1n) is 10.7. The summed E-state index contributed by atoms with van der Waals surface area (Å²) in [6.45, 7) is -0.879. The second kappa shape index (κ2) is 9.81. The third-order valence-electron chi connectivity index (χ3n) is 6.66. The van der Waals surface area contributed by atoms with Crippen LogP contribution in [0.5, 0.6) is 5.75 Å². The molecule has 4 rings (SSSR count). The van der Waals surface area contributed by atoms with Crippen LogP contribution in [0.4, 0.5) is 5.69 Å². The number of primary amides is 1. The topological polar surface area (TPSA) is 282 Å². The van der Waals surface area contributed by atoms with E-state index in [2.05, 4.69) is 5.32 Å². The van der Waals surface area contributed by atoms with Crippen molar-refractivity contribution in [2.24, 2.45) is 17.6 Å². The number of amides is 2. The lowest BCUT2D eigenvalue weighted by molar-refractivity contribution is -0.167. The van der Waals surface area contributed by atoms with Crippen molar-refractivity contribution in [3.63, 3.8) is 0 Å². The van der Waals surface area contributed by atoms with Crippen LogP contribution >= 0.6 is 0 Å². The van der Waals surface area contributed by atoms with E-state index in [0.717, 1.165) is 0 Å². The third-order valence-corrected chi connectivity index (χ3v) is 6.66. The van der Waals surface area contributed by atoms with Gasteiger partial charge in [-0.25, -0.2) is 0 Å². The summed E-state index contributed by atoms with van der Waals surface area (Å²) in [5, 5.41) is 53.8. The molecule has 0 aromatic heterocycles. The Morgan fingerprint density at radius 1 is 1.14 bits per heavy atom. The number of benzene rings is 1. The SMILES string of the molecule is NC(=O)C1c2ccc(NC(=O)CO)c(O)c2C(O)=C2C(=O)C3(O)C(=O)CC(O)CC3CC21.O=S(=O)(O)O. The summed E-state index contributed by atoms with van der Waals surface area (Å²) in [5.41, 5.74) is 2.28. The van der Waals surface area contributed by atoms with Gasteiger partial charge in [-0.2, -0.15) is 8.42 Å². The van der Waals surface area contributed by atoms with Gasteiger partial charge in [0.15, 0.2) is 11.4 Å². The molecule has 0 aliphatic heterocycles. The highest BCUT2D eigenvalue weighted by Gasteiger charge is 2.62. The Labute approximate surface area is 208 Å². The molecule has 15 nitrogen and oxygen atoms in total. The molecule has 37 heavy (non-hydrogen) atoms. The van der Waals surface area contributed by atoms with E-state index in [1.54, 1.807) is 0 Å². The van der Waals surface area contributed by atoms with Crippen LogP contribution in [0.25, 0.3) is 5.76 Å². The lowest BCUT2D eigenvalue weighted by Crippen LogP contribution is -2.62. The maximum atomic E-state index is 13.3. The molecule has 5 atom stereocenters. The number of hydrogen-bond acceptors (Lipinski definition) is 11. The van der Waals surface area contributed by atoms with Gasteiger partial charge >= 0.3 is 10.4 Å². The van der Waals surface area contributed by atoms with Crippen molar-refractivity contribution in [2.45, 2.75) is 36.9 Å². The van der Waals surface area contributed by atoms with Crippen molar-refractivity contribution < 1.29 is 62.2 Å². The number of rotatable bonds is 3. The highest BCUT2D eigenvalue weighted by molar-refractivity contribution is 7.79. The molecule has 0 saturated heterocycles. The Kier molecular flexibility index (Phi) is 7.46. The fourth-order valence-corrected chi connectivity index (χ4v) is 5.25. The largest absolute Gasteiger partial charge is 0.507 e. The molecule has 0 spiro atoms. The average Bonchev–Trinajstić information content (AvgIpc) is 2.76. The molecular formula is C21H24N2O13S. The molecule has 202 valence electrons. The fourth-order valence-electron chi connectivity index (χ4n) is 5.25. The van der Waals surface area contributed by atoms with E-state index >= 15 is 0 Å². The van der Waals surface area contributed by atoms with Crippen molar-refractivity contribution in [1.29, 1.82) is 0 Å². The summed E-state index contributed by atoms with van der Waals surface area (Å²) in [6.07, 6.45) is -1.62. The molecule has 2 amide bonds. The minimum absolute atomic E-state index is 0.0474. The average molecular weight is 544 g/mol. The fraction of sp³-hybridized carbons (Fsp3) is 0.429. The highest BCUT2D eigenvalue weighted by atomic mass is 32.3. The number of ketones is 2. The minimum Gasteiger partial charge on any atom is -0.507 e. The number of aliphatic hydroxyl groups is 4. The molecule has 1 aromatic rings. The summed E-state index contributed by atoms with van der Waals surface area (Å²) >= 11 is 0. The number of aliphatic hydroxyl groups excluding tert-OH is 3. The number of carbonyl (C=O) groups excluding carboxylic acids is 4. The van der Waals surface area contributed by atoms with Gasteiger partial charge in [0, 0.05) is 23.8 Å². The first-order chi connectivity index (χ1) is 17.0. The number of nitrogens with one attached hydrogen (secondary N) is 1. The zero-order chi connectivity index (χ0) is 28.0. The van der Waals surface area contributed by atoms with E-state index in [-0.39, 0.29) is 29.7 Å². The summed E-state index contributed by atoms with van der Waals surface area (Å²) in [6, 6.07) is 2.60. The Balaban J connectivity index is 0.000000695. The van der Waals surface area contributed by atoms with Crippen LogP contribution in [-0.4, -0.2) is 84.7 Å². The van der Waals surface area contributed by atoms with E-state index in [9.17, 15) is 39.6 Å². The number of fused-ring (bicyclic) bond motifs is 3. The van der Waals surface area contributed by atoms with Crippen molar-refractivity contribution in [3.05, 3.63) is 28.8 Å². The standard InChI is InChI=1S/C21H22N2O9.H2O4S/c22-20(31)14-9-1-2-11(23-13(27)6-24)17(28)15(9)18(29)16-10(14)4-7-3-8(25)5-12(26)21(7,32)19(16)30;1-5(2,3)4/h1-2,7-8,10,14,24-25,28-29,32H,3-6H2,(H2,22,31)(H,23,27);(H2,1,2,3,4). The Morgan fingerprint density at radius 2 is 1.73 bits per heavy atom. The van der Waals surface area contributed by atoms with E-state index in [1.165, 1.54) is 12.1 Å². The van der Waals surface area contributed by atoms with Crippen LogP contribution in [0.1, 0.15) is 36.3 Å². The quantitative estimate of drug-likeness (QED) is 0.115. The van der Waals surface area contributed by atoms with Gasteiger partial charge in [-0.05, 0) is 24.5 Å². The van der Waals surface area contributed by atoms with Gasteiger partial charge in [-0.1, -0.05) is 6.07 Å². The predicted molar refractivity (Wildman–Crippen MR) is 121 cm³/mol. The number of Topliss-reactive ketones (excluding diaryl/α,β-unsaturated/α-hetero) is 2. The number of anilines is 1. The molecule has 10 N–H and O–H groups in total. The highest BCUT2D eigenvalue weighted by Crippen LogP contribution is 2.55. The Hall–Kier alpha value is -3.41. The lowest BCUT2D eigenvalue weighted by atomic mass is 9.56. The minimum atomic E-state index is -4.67. The molecule has 16 heteroatoms. The van der Waals surface area contributed by atoms with Crippen molar-refractivity contribution in [2.75, 3.05) is 11.9 Å². The maximum Gasteiger partial charge on any atom is 0.394 e. The van der Waals surface area contributed by atoms with Gasteiger partial charge in [-0.15, -0.1) is 0 Å². The van der Waals surface area contributed by atoms with Crippen molar-refractivity contribution in [3.8, 4) is 5.75 Å². The number of hydrogen-bond donors (Lipinski definition) is 9. The number of aromatic hydroxyl groups is 1. The van der Waals surface area contributed by atoms with Gasteiger partial charge in [-0.3, -0.25) is 28.3 Å². The van der Waals surface area contributed by atoms with Gasteiger partial charge in [0.05, 0.1) is 23.3 Å². The monoisotopic (exact) mass is 544 g/mol. The van der Waals surface area contributed by atoms with E-state index in [1.807, 2.05) is 0 Å². The second-order valence-electron chi connectivity index (χ2n) is 8.87. The zero-order valence-corrected chi connectivity index (χ0v) is 19.7. The maximum absolute atomic E-state index is 13.3. The first-order valence-corrected chi connectivity index (χ1v) is 12.1. The first kappa shape index (κ1) is 28.2. The second-order valence-corrected chi connectivity index (χ2v) is 9.77. The molecule has 2 fully saturated rings. The molecule has 3 aliphatic rings. The van der Waals surface area contributed by atoms with Gasteiger partial charge in [0.2, 0.25) is 17.6 Å². The summed E-state index contributed by atoms with van der Waals surface area (Å²) < 4.78 is 31.6. The molecule has 3 aliphatic carbocycles. The van der Waals surface area contributed by atoms with Crippen molar-refractivity contribution >= 4 is 45.2 Å². The summed E-state index contributed by atoms with van der Waals surface area (Å²) in [4.78, 5) is 49.8. The van der Waals surface area contributed by atoms with Crippen LogP contribution in [0, 0.1) is 11.8 Å². The van der Waals surface area contributed by atoms with Crippen LogP contribution in [0.15, 0.2) is 17.7 Å². The number of phenols is 1. The molecule has 0 bridgehead atoms. The van der Waals surface area contributed by atoms with Crippen LogP contribution in [-0.2, 0) is 29.6 Å². The van der Waals surface area contributed by atoms with Crippen LogP contribution < -0.4 is 11.1 Å². The van der Waals surface area contributed by atoms with Crippen molar-refractivity contribution in [1.82, 2.24) is 0 Å². The Morgan fingerprint density at radius 3 is 2.27 bits per heavy atom. The number of carbonyl (C=O) groups is 4. The summed E-state index contributed by atoms with van der Waals surface area (Å²) in [7, 11) is -4.67.